The number of pyridine rings is 1. The van der Waals surface area contributed by atoms with Gasteiger partial charge in [-0.15, -0.1) is 6.58 Å². The average molecular weight is 176 g/mol. The monoisotopic (exact) mass is 176 g/mol. The van der Waals surface area contributed by atoms with E-state index in [1.165, 1.54) is 5.56 Å². The van der Waals surface area contributed by atoms with E-state index in [1.54, 1.807) is 6.20 Å². The van der Waals surface area contributed by atoms with Gasteiger partial charge in [-0.1, -0.05) is 5.57 Å². The Balaban J connectivity index is 2.76. The van der Waals surface area contributed by atoms with Crippen molar-refractivity contribution in [2.45, 2.75) is 26.3 Å². The van der Waals surface area contributed by atoms with Crippen molar-refractivity contribution < 1.29 is 0 Å². The fraction of sp³-hybridized carbons (Fsp3) is 0.364. The number of hydrogen-bond acceptors (Lipinski definition) is 2. The van der Waals surface area contributed by atoms with Crippen LogP contribution in [-0.2, 0) is 0 Å². The van der Waals surface area contributed by atoms with Gasteiger partial charge in [0.25, 0.3) is 0 Å². The van der Waals surface area contributed by atoms with Crippen LogP contribution >= 0.6 is 0 Å². The SMILES string of the molecule is C=C(C)CC(N)c1cc(C)ccn1. The largest absolute Gasteiger partial charge is 0.322 e. The van der Waals surface area contributed by atoms with Crippen molar-refractivity contribution in [2.24, 2.45) is 5.73 Å². The van der Waals surface area contributed by atoms with E-state index >= 15 is 0 Å². The van der Waals surface area contributed by atoms with Gasteiger partial charge in [-0.3, -0.25) is 4.98 Å². The third kappa shape index (κ3) is 2.99. The zero-order valence-corrected chi connectivity index (χ0v) is 8.25. The van der Waals surface area contributed by atoms with Gasteiger partial charge >= 0.3 is 0 Å². The van der Waals surface area contributed by atoms with Gasteiger partial charge in [-0.2, -0.15) is 0 Å². The van der Waals surface area contributed by atoms with E-state index in [1.807, 2.05) is 26.0 Å². The summed E-state index contributed by atoms with van der Waals surface area (Å²) >= 11 is 0. The van der Waals surface area contributed by atoms with E-state index in [0.717, 1.165) is 17.7 Å². The van der Waals surface area contributed by atoms with Crippen LogP contribution in [0.3, 0.4) is 0 Å². The molecule has 1 unspecified atom stereocenters. The van der Waals surface area contributed by atoms with E-state index < -0.39 is 0 Å². The lowest BCUT2D eigenvalue weighted by molar-refractivity contribution is 0.691. The zero-order chi connectivity index (χ0) is 9.84. The van der Waals surface area contributed by atoms with Crippen molar-refractivity contribution in [3.05, 3.63) is 41.7 Å². The van der Waals surface area contributed by atoms with Crippen LogP contribution in [0.2, 0.25) is 0 Å². The maximum Gasteiger partial charge on any atom is 0.0576 e. The molecule has 0 aromatic carbocycles. The molecule has 1 aromatic heterocycles. The minimum absolute atomic E-state index is 0.0163. The first kappa shape index (κ1) is 9.93. The fourth-order valence-electron chi connectivity index (χ4n) is 1.24. The normalized spacial score (nSPS) is 12.5. The molecular formula is C11H16N2. The van der Waals surface area contributed by atoms with Crippen molar-refractivity contribution in [1.29, 1.82) is 0 Å². The van der Waals surface area contributed by atoms with Gasteiger partial charge in [0.05, 0.1) is 11.7 Å². The third-order valence-corrected chi connectivity index (χ3v) is 1.88. The second-order valence-corrected chi connectivity index (χ2v) is 3.53. The highest BCUT2D eigenvalue weighted by molar-refractivity contribution is 5.18. The Labute approximate surface area is 79.5 Å². The summed E-state index contributed by atoms with van der Waals surface area (Å²) in [5.41, 5.74) is 9.18. The molecule has 1 aromatic rings. The molecule has 1 heterocycles. The summed E-state index contributed by atoms with van der Waals surface area (Å²) in [6.45, 7) is 7.86. The molecule has 0 aliphatic rings. The molecule has 0 amide bonds. The molecule has 2 heteroatoms. The van der Waals surface area contributed by atoms with E-state index in [4.69, 9.17) is 5.73 Å². The Bertz CT molecular complexity index is 305. The van der Waals surface area contributed by atoms with Gasteiger partial charge in [-0.05, 0) is 38.0 Å². The topological polar surface area (TPSA) is 38.9 Å². The van der Waals surface area contributed by atoms with Crippen molar-refractivity contribution in [3.8, 4) is 0 Å². The molecular weight excluding hydrogens is 160 g/mol. The summed E-state index contributed by atoms with van der Waals surface area (Å²) in [6.07, 6.45) is 2.60. The Kier molecular flexibility index (Phi) is 3.20. The molecule has 0 spiro atoms. The predicted molar refractivity (Wildman–Crippen MR) is 55.3 cm³/mol. The minimum atomic E-state index is -0.0163. The molecule has 0 saturated carbocycles. The Hall–Kier alpha value is -1.15. The molecule has 2 N–H and O–H groups in total. The molecule has 0 aliphatic heterocycles. The maximum absolute atomic E-state index is 5.94. The lowest BCUT2D eigenvalue weighted by Crippen LogP contribution is -2.12. The highest BCUT2D eigenvalue weighted by atomic mass is 14.8. The average Bonchev–Trinajstić information content (AvgIpc) is 2.03. The van der Waals surface area contributed by atoms with Gasteiger partial charge in [0.2, 0.25) is 0 Å². The molecule has 0 radical (unpaired) electrons. The summed E-state index contributed by atoms with van der Waals surface area (Å²) in [7, 11) is 0. The predicted octanol–water partition coefficient (Wildman–Crippen LogP) is 2.36. The lowest BCUT2D eigenvalue weighted by Gasteiger charge is -2.10. The first-order valence-corrected chi connectivity index (χ1v) is 4.42. The smallest absolute Gasteiger partial charge is 0.0576 e. The van der Waals surface area contributed by atoms with Gasteiger partial charge in [0, 0.05) is 6.20 Å². The highest BCUT2D eigenvalue weighted by Gasteiger charge is 2.06. The number of aryl methyl sites for hydroxylation is 1. The van der Waals surface area contributed by atoms with Crippen LogP contribution in [0.4, 0.5) is 0 Å². The standard InChI is InChI=1S/C11H16N2/c1-8(2)6-10(12)11-7-9(3)4-5-13-11/h4-5,7,10H,1,6,12H2,2-3H3. The van der Waals surface area contributed by atoms with Gasteiger partial charge in [-0.25, -0.2) is 0 Å². The molecule has 0 aliphatic carbocycles. The zero-order valence-electron chi connectivity index (χ0n) is 8.25. The van der Waals surface area contributed by atoms with E-state index in [0.29, 0.717) is 0 Å². The van der Waals surface area contributed by atoms with Crippen LogP contribution in [0, 0.1) is 6.92 Å². The van der Waals surface area contributed by atoms with Crippen LogP contribution in [-0.4, -0.2) is 4.98 Å². The quantitative estimate of drug-likeness (QED) is 0.718. The molecule has 0 fully saturated rings. The molecule has 1 atom stereocenters. The van der Waals surface area contributed by atoms with Crippen LogP contribution in [0.1, 0.15) is 30.6 Å². The fourth-order valence-corrected chi connectivity index (χ4v) is 1.24. The van der Waals surface area contributed by atoms with Gasteiger partial charge in [0.1, 0.15) is 0 Å². The van der Waals surface area contributed by atoms with E-state index in [-0.39, 0.29) is 6.04 Å². The van der Waals surface area contributed by atoms with Gasteiger partial charge in [0.15, 0.2) is 0 Å². The molecule has 0 saturated heterocycles. The van der Waals surface area contributed by atoms with Crippen LogP contribution in [0.5, 0.6) is 0 Å². The number of nitrogens with two attached hydrogens (primary N) is 1. The third-order valence-electron chi connectivity index (χ3n) is 1.88. The van der Waals surface area contributed by atoms with Crippen molar-refractivity contribution in [3.63, 3.8) is 0 Å². The van der Waals surface area contributed by atoms with Crippen molar-refractivity contribution in [2.75, 3.05) is 0 Å². The number of rotatable bonds is 3. The Morgan fingerprint density at radius 2 is 2.38 bits per heavy atom. The van der Waals surface area contributed by atoms with Crippen LogP contribution in [0.25, 0.3) is 0 Å². The van der Waals surface area contributed by atoms with Gasteiger partial charge < -0.3 is 5.73 Å². The van der Waals surface area contributed by atoms with Crippen molar-refractivity contribution in [1.82, 2.24) is 4.98 Å². The van der Waals surface area contributed by atoms with Crippen LogP contribution < -0.4 is 5.73 Å². The molecule has 2 nitrogen and oxygen atoms in total. The summed E-state index contributed by atoms with van der Waals surface area (Å²) < 4.78 is 0. The molecule has 0 bridgehead atoms. The lowest BCUT2D eigenvalue weighted by atomic mass is 10.1. The van der Waals surface area contributed by atoms with Crippen molar-refractivity contribution >= 4 is 0 Å². The number of hydrogen-bond donors (Lipinski definition) is 1. The molecule has 70 valence electrons. The second-order valence-electron chi connectivity index (χ2n) is 3.53. The highest BCUT2D eigenvalue weighted by Crippen LogP contribution is 2.15. The summed E-state index contributed by atoms with van der Waals surface area (Å²) in [5, 5.41) is 0. The Morgan fingerprint density at radius 1 is 1.69 bits per heavy atom. The first-order chi connectivity index (χ1) is 6.09. The molecule has 13 heavy (non-hydrogen) atoms. The number of nitrogens with zero attached hydrogens (tertiary/aromatic N) is 1. The second kappa shape index (κ2) is 4.19. The van der Waals surface area contributed by atoms with E-state index in [9.17, 15) is 0 Å². The van der Waals surface area contributed by atoms with E-state index in [2.05, 4.69) is 11.6 Å². The summed E-state index contributed by atoms with van der Waals surface area (Å²) in [6, 6.07) is 3.97. The van der Waals surface area contributed by atoms with Crippen LogP contribution in [0.15, 0.2) is 30.5 Å². The summed E-state index contributed by atoms with van der Waals surface area (Å²) in [5.74, 6) is 0. The Morgan fingerprint density at radius 3 is 2.92 bits per heavy atom. The molecule has 1 rings (SSSR count). The number of aromatic nitrogens is 1. The maximum atomic E-state index is 5.94. The minimum Gasteiger partial charge on any atom is -0.322 e. The first-order valence-electron chi connectivity index (χ1n) is 4.42. The summed E-state index contributed by atoms with van der Waals surface area (Å²) in [4.78, 5) is 4.23.